The van der Waals surface area contributed by atoms with Gasteiger partial charge in [-0.15, -0.1) is 0 Å². The van der Waals surface area contributed by atoms with Gasteiger partial charge in [0.25, 0.3) is 0 Å². The standard InChI is InChI=1S/C18H23N7O/c1-11-15-13(6-7-19-17(15)24(3)21-11)25-9-8-23(2)14(10-25)18-20-16(22-26-18)12-4-5-12/h6-7,12,14H,4-5,8-10H2,1-3H3/t14-/m0/s1. The molecule has 1 aliphatic carbocycles. The molecule has 0 bridgehead atoms. The van der Waals surface area contributed by atoms with Gasteiger partial charge in [-0.05, 0) is 32.9 Å². The van der Waals surface area contributed by atoms with Gasteiger partial charge in [0.2, 0.25) is 5.89 Å². The van der Waals surface area contributed by atoms with E-state index in [2.05, 4.69) is 43.1 Å². The maximum absolute atomic E-state index is 5.62. The average Bonchev–Trinajstić information content (AvgIpc) is 3.30. The van der Waals surface area contributed by atoms with Crippen LogP contribution in [0.4, 0.5) is 5.69 Å². The molecular weight excluding hydrogens is 330 g/mol. The molecule has 4 heterocycles. The lowest BCUT2D eigenvalue weighted by atomic mass is 10.1. The van der Waals surface area contributed by atoms with Gasteiger partial charge in [-0.1, -0.05) is 5.16 Å². The SMILES string of the molecule is Cc1nn(C)c2nccc(N3CCN(C)[C@H](c4nc(C5CC5)no4)C3)c12. The van der Waals surface area contributed by atoms with Gasteiger partial charge in [0.15, 0.2) is 11.5 Å². The summed E-state index contributed by atoms with van der Waals surface area (Å²) >= 11 is 0. The van der Waals surface area contributed by atoms with Crippen LogP contribution in [0.1, 0.15) is 42.2 Å². The molecule has 0 N–H and O–H groups in total. The number of hydrogen-bond acceptors (Lipinski definition) is 7. The maximum atomic E-state index is 5.62. The summed E-state index contributed by atoms with van der Waals surface area (Å²) in [6, 6.07) is 2.19. The van der Waals surface area contributed by atoms with Crippen LogP contribution in [0.3, 0.4) is 0 Å². The largest absolute Gasteiger partial charge is 0.367 e. The maximum Gasteiger partial charge on any atom is 0.245 e. The molecule has 1 atom stereocenters. The van der Waals surface area contributed by atoms with Crippen molar-refractivity contribution in [3.05, 3.63) is 29.7 Å². The van der Waals surface area contributed by atoms with Crippen molar-refractivity contribution < 1.29 is 4.52 Å². The number of piperazine rings is 1. The van der Waals surface area contributed by atoms with Crippen molar-refractivity contribution in [1.29, 1.82) is 0 Å². The smallest absolute Gasteiger partial charge is 0.245 e. The number of fused-ring (bicyclic) bond motifs is 1. The molecule has 1 aliphatic heterocycles. The van der Waals surface area contributed by atoms with Crippen molar-refractivity contribution in [3.8, 4) is 0 Å². The van der Waals surface area contributed by atoms with Crippen LogP contribution in [0.5, 0.6) is 0 Å². The normalized spacial score (nSPS) is 21.7. The Balaban J connectivity index is 1.48. The minimum atomic E-state index is 0.101. The van der Waals surface area contributed by atoms with Gasteiger partial charge in [-0.2, -0.15) is 10.1 Å². The molecule has 3 aromatic rings. The molecule has 0 aromatic carbocycles. The molecule has 2 aliphatic rings. The van der Waals surface area contributed by atoms with Crippen molar-refractivity contribution in [3.63, 3.8) is 0 Å². The van der Waals surface area contributed by atoms with Gasteiger partial charge in [0.1, 0.15) is 6.04 Å². The Labute approximate surface area is 151 Å². The van der Waals surface area contributed by atoms with Gasteiger partial charge >= 0.3 is 0 Å². The fraction of sp³-hybridized carbons (Fsp3) is 0.556. The first kappa shape index (κ1) is 15.7. The summed E-state index contributed by atoms with van der Waals surface area (Å²) in [5.74, 6) is 2.11. The highest BCUT2D eigenvalue weighted by molar-refractivity contribution is 5.92. The Bertz CT molecular complexity index is 958. The second-order valence-electron chi connectivity index (χ2n) is 7.45. The van der Waals surface area contributed by atoms with E-state index in [1.54, 1.807) is 0 Å². The van der Waals surface area contributed by atoms with Gasteiger partial charge in [-0.25, -0.2) is 4.98 Å². The zero-order valence-electron chi connectivity index (χ0n) is 15.4. The summed E-state index contributed by atoms with van der Waals surface area (Å²) in [4.78, 5) is 13.9. The molecule has 136 valence electrons. The Morgan fingerprint density at radius 1 is 1.19 bits per heavy atom. The van der Waals surface area contributed by atoms with E-state index in [4.69, 9.17) is 4.52 Å². The topological polar surface area (TPSA) is 76.1 Å². The predicted octanol–water partition coefficient (Wildman–Crippen LogP) is 2.03. The van der Waals surface area contributed by atoms with Crippen LogP contribution in [-0.4, -0.2) is 56.5 Å². The Morgan fingerprint density at radius 2 is 2.04 bits per heavy atom. The zero-order chi connectivity index (χ0) is 17.8. The summed E-state index contributed by atoms with van der Waals surface area (Å²) in [7, 11) is 4.07. The first-order valence-corrected chi connectivity index (χ1v) is 9.19. The van der Waals surface area contributed by atoms with Gasteiger partial charge in [0.05, 0.1) is 16.8 Å². The van der Waals surface area contributed by atoms with Crippen molar-refractivity contribution in [2.75, 3.05) is 31.6 Å². The molecule has 2 fully saturated rings. The van der Waals surface area contributed by atoms with Crippen molar-refractivity contribution in [1.82, 2.24) is 29.8 Å². The molecule has 0 radical (unpaired) electrons. The van der Waals surface area contributed by atoms with Crippen LogP contribution in [0.25, 0.3) is 11.0 Å². The zero-order valence-corrected chi connectivity index (χ0v) is 15.4. The first-order valence-electron chi connectivity index (χ1n) is 9.19. The Morgan fingerprint density at radius 3 is 2.85 bits per heavy atom. The minimum Gasteiger partial charge on any atom is -0.367 e. The summed E-state index contributed by atoms with van der Waals surface area (Å²) in [6.07, 6.45) is 4.23. The van der Waals surface area contributed by atoms with E-state index >= 15 is 0 Å². The number of anilines is 1. The van der Waals surface area contributed by atoms with Crippen LogP contribution < -0.4 is 4.90 Å². The molecule has 0 amide bonds. The second-order valence-corrected chi connectivity index (χ2v) is 7.45. The van der Waals surface area contributed by atoms with E-state index in [0.29, 0.717) is 5.92 Å². The molecule has 0 unspecified atom stereocenters. The highest BCUT2D eigenvalue weighted by Gasteiger charge is 2.34. The summed E-state index contributed by atoms with van der Waals surface area (Å²) in [5, 5.41) is 9.87. The highest BCUT2D eigenvalue weighted by Crippen LogP contribution is 2.39. The van der Waals surface area contributed by atoms with Crippen molar-refractivity contribution in [2.24, 2.45) is 7.05 Å². The quantitative estimate of drug-likeness (QED) is 0.713. The molecule has 0 spiro atoms. The van der Waals surface area contributed by atoms with E-state index in [-0.39, 0.29) is 6.04 Å². The fourth-order valence-electron chi connectivity index (χ4n) is 3.87. The number of rotatable bonds is 3. The van der Waals surface area contributed by atoms with Crippen LogP contribution in [0, 0.1) is 6.92 Å². The number of likely N-dealkylation sites (N-methyl/N-ethyl adjacent to an activating group) is 1. The lowest BCUT2D eigenvalue weighted by Crippen LogP contribution is -2.47. The number of hydrogen-bond donors (Lipinski definition) is 0. The minimum absolute atomic E-state index is 0.101. The van der Waals surface area contributed by atoms with E-state index in [1.807, 2.05) is 24.9 Å². The Kier molecular flexibility index (Phi) is 3.49. The van der Waals surface area contributed by atoms with E-state index in [0.717, 1.165) is 48.1 Å². The number of aryl methyl sites for hydroxylation is 2. The first-order chi connectivity index (χ1) is 12.6. The van der Waals surface area contributed by atoms with E-state index in [1.165, 1.54) is 18.5 Å². The third-order valence-electron chi connectivity index (χ3n) is 5.55. The van der Waals surface area contributed by atoms with Gasteiger partial charge < -0.3 is 9.42 Å². The third-order valence-corrected chi connectivity index (χ3v) is 5.55. The number of aromatic nitrogens is 5. The van der Waals surface area contributed by atoms with Crippen LogP contribution in [0.2, 0.25) is 0 Å². The Hall–Kier alpha value is -2.48. The summed E-state index contributed by atoms with van der Waals surface area (Å²) < 4.78 is 7.47. The molecular formula is C18H23N7O. The summed E-state index contributed by atoms with van der Waals surface area (Å²) in [5.41, 5.74) is 3.11. The van der Waals surface area contributed by atoms with Crippen LogP contribution in [-0.2, 0) is 7.05 Å². The molecule has 8 heteroatoms. The molecule has 1 saturated carbocycles. The molecule has 5 rings (SSSR count). The fourth-order valence-corrected chi connectivity index (χ4v) is 3.87. The number of nitrogens with zero attached hydrogens (tertiary/aromatic N) is 7. The van der Waals surface area contributed by atoms with Crippen LogP contribution >= 0.6 is 0 Å². The van der Waals surface area contributed by atoms with Crippen molar-refractivity contribution >= 4 is 16.7 Å². The highest BCUT2D eigenvalue weighted by atomic mass is 16.5. The lowest BCUT2D eigenvalue weighted by molar-refractivity contribution is 0.178. The molecule has 1 saturated heterocycles. The monoisotopic (exact) mass is 353 g/mol. The lowest BCUT2D eigenvalue weighted by Gasteiger charge is -2.39. The second kappa shape index (κ2) is 5.77. The van der Waals surface area contributed by atoms with Crippen LogP contribution in [0.15, 0.2) is 16.8 Å². The van der Waals surface area contributed by atoms with E-state index in [9.17, 15) is 0 Å². The van der Waals surface area contributed by atoms with Crippen molar-refractivity contribution in [2.45, 2.75) is 31.7 Å². The number of pyridine rings is 1. The molecule has 8 nitrogen and oxygen atoms in total. The molecule has 26 heavy (non-hydrogen) atoms. The molecule has 3 aromatic heterocycles. The van der Waals surface area contributed by atoms with Gasteiger partial charge in [0, 0.05) is 38.8 Å². The van der Waals surface area contributed by atoms with Gasteiger partial charge in [-0.3, -0.25) is 9.58 Å². The third kappa shape index (κ3) is 2.47. The summed E-state index contributed by atoms with van der Waals surface area (Å²) in [6.45, 7) is 4.75. The average molecular weight is 353 g/mol. The van der Waals surface area contributed by atoms with E-state index < -0.39 is 0 Å². The predicted molar refractivity (Wildman–Crippen MR) is 97.1 cm³/mol.